The summed E-state index contributed by atoms with van der Waals surface area (Å²) in [6, 6.07) is 47.3. The fourth-order valence-electron chi connectivity index (χ4n) is 8.18. The van der Waals surface area contributed by atoms with E-state index in [1.54, 1.807) is 0 Å². The van der Waals surface area contributed by atoms with Gasteiger partial charge in [-0.05, 0) is 85.5 Å². The van der Waals surface area contributed by atoms with Gasteiger partial charge in [-0.2, -0.15) is 0 Å². The van der Waals surface area contributed by atoms with Gasteiger partial charge in [-0.1, -0.05) is 109 Å². The van der Waals surface area contributed by atoms with Crippen LogP contribution in [0.5, 0.6) is 0 Å². The number of hydrogen-bond acceptors (Lipinski definition) is 6. The summed E-state index contributed by atoms with van der Waals surface area (Å²) in [7, 11) is -1.79. The van der Waals surface area contributed by atoms with Gasteiger partial charge < -0.3 is 18.4 Å². The van der Waals surface area contributed by atoms with Crippen LogP contribution >= 0.6 is 0 Å². The van der Waals surface area contributed by atoms with Gasteiger partial charge in [-0.3, -0.25) is 9.97 Å². The summed E-state index contributed by atoms with van der Waals surface area (Å²) in [6.45, 7) is 14.5. The van der Waals surface area contributed by atoms with Gasteiger partial charge in [0.1, 0.15) is 5.58 Å². The fourth-order valence-corrected chi connectivity index (χ4v) is 9.59. The average Bonchev–Trinajstić information content (AvgIpc) is 3.97. The van der Waals surface area contributed by atoms with Crippen LogP contribution in [0.2, 0.25) is 19.6 Å². The third-order valence-electron chi connectivity index (χ3n) is 11.0. The summed E-state index contributed by atoms with van der Waals surface area (Å²) >= 11 is 0. The number of pyridine rings is 3. The van der Waals surface area contributed by atoms with E-state index in [1.165, 1.54) is 0 Å². The molecule has 6 aromatic heterocycles. The van der Waals surface area contributed by atoms with Crippen LogP contribution in [0.3, 0.4) is 0 Å². The molecule has 62 heavy (non-hydrogen) atoms. The molecule has 309 valence electrons. The molecule has 0 amide bonds. The Balaban J connectivity index is 0.000000160. The zero-order valence-electron chi connectivity index (χ0n) is 37.6. The summed E-state index contributed by atoms with van der Waals surface area (Å²) in [5.74, 6) is 0.647. The van der Waals surface area contributed by atoms with Crippen LogP contribution in [0.1, 0.15) is 33.5 Å². The van der Waals surface area contributed by atoms with Gasteiger partial charge in [0.25, 0.3) is 0 Å². The molecule has 6 heterocycles. The summed E-state index contributed by atoms with van der Waals surface area (Å²) in [5, 5.41) is 6.25. The number of aryl methyl sites for hydroxylation is 2. The Bertz CT molecular complexity index is 3570. The molecule has 0 aliphatic carbocycles. The molecule has 0 saturated heterocycles. The molecule has 0 bridgehead atoms. The number of imidazole rings is 1. The van der Waals surface area contributed by atoms with E-state index in [4.69, 9.17) is 26.5 Å². The van der Waals surface area contributed by atoms with Crippen LogP contribution in [-0.4, -0.2) is 32.6 Å². The number of furan rings is 2. The van der Waals surface area contributed by atoms with Crippen molar-refractivity contribution in [3.05, 3.63) is 157 Å². The fraction of sp³-hybridized carbons (Fsp3) is 0.170. The predicted octanol–water partition coefficient (Wildman–Crippen LogP) is 13.1. The molecule has 0 atom stereocenters. The van der Waals surface area contributed by atoms with Gasteiger partial charge in [0.15, 0.2) is 0 Å². The van der Waals surface area contributed by atoms with Crippen molar-refractivity contribution in [1.29, 1.82) is 0 Å². The molecule has 0 aliphatic heterocycles. The number of fused-ring (bicyclic) bond motifs is 8. The molecular formula is C53H45IrN5O2Si-2. The smallest absolute Gasteiger partial charge is 0.216 e. The normalized spacial score (nSPS) is 12.6. The molecule has 0 N–H and O–H groups in total. The van der Waals surface area contributed by atoms with Gasteiger partial charge >= 0.3 is 0 Å². The first-order valence-electron chi connectivity index (χ1n) is 21.7. The summed E-state index contributed by atoms with van der Waals surface area (Å²) in [6.07, 6.45) is 0.419. The average molecular weight is 1010 g/mol. The Labute approximate surface area is 378 Å². The largest absolute Gasteiger partial charge is 0.501 e. The molecule has 1 radical (unpaired) electrons. The number of hydrogen-bond donors (Lipinski definition) is 0. The molecule has 0 aliphatic rings. The first kappa shape index (κ1) is 38.7. The Morgan fingerprint density at radius 3 is 2.19 bits per heavy atom. The molecule has 7 nitrogen and oxygen atoms in total. The number of nitrogens with zero attached hydrogens (tertiary/aromatic N) is 5. The second-order valence-corrected chi connectivity index (χ2v) is 22.0. The molecule has 0 saturated carbocycles. The third kappa shape index (κ3) is 7.44. The summed E-state index contributed by atoms with van der Waals surface area (Å²) < 4.78 is 32.2. The molecule has 9 heteroatoms. The quantitative estimate of drug-likeness (QED) is 0.122. The number of para-hydroxylation sites is 3. The Kier molecular flexibility index (Phi) is 10.1. The molecule has 0 spiro atoms. The zero-order valence-corrected chi connectivity index (χ0v) is 39.0. The van der Waals surface area contributed by atoms with Crippen molar-refractivity contribution < 1.29 is 31.7 Å². The van der Waals surface area contributed by atoms with Gasteiger partial charge in [-0.25, -0.2) is 4.98 Å². The second-order valence-electron chi connectivity index (χ2n) is 16.9. The first-order chi connectivity index (χ1) is 30.3. The number of benzene rings is 5. The van der Waals surface area contributed by atoms with Crippen molar-refractivity contribution >= 4 is 79.2 Å². The standard InChI is InChI=1S/C29H18N3O.C24H27N2OSi.Ir/c1-18-13-14-19-15-16-20(17-25(19)30-18)32-26-11-4-3-10-24(26)31-29(32)23-9-6-8-22-21-7-2-5-12-27(21)33-28(22)23;1-15(2)12-17-13-21(25-14-22(17)28(4,5)6)20-9-7-8-18-19-11-10-16(3)26-24(19)27-23(18)20;/h2-8,10-17H,1H3;7-8,10-11,13-15H,12H2,1-6H3;/q2*-1;/i;12D2;. The van der Waals surface area contributed by atoms with Gasteiger partial charge in [0, 0.05) is 62.3 Å². The van der Waals surface area contributed by atoms with Crippen LogP contribution < -0.4 is 5.19 Å². The number of aromatic nitrogens is 5. The SMILES string of the molecule is Cc1ccc2ccc(-n3c(-c4[c-]ccc5c4oc4ccccc45)nc4ccccc43)cc2n1.[2H]C([2H])(c1cc(-c2[c-]ccc3c2oc2nc(C)ccc23)ncc1[Si](C)(C)C)C(C)C.[Ir]. The van der Waals surface area contributed by atoms with E-state index >= 15 is 0 Å². The minimum absolute atomic E-state index is 0. The molecule has 11 rings (SSSR count). The molecule has 11 aromatic rings. The van der Waals surface area contributed by atoms with E-state index in [0.717, 1.165) is 99.4 Å². The van der Waals surface area contributed by atoms with Crippen LogP contribution in [0.25, 0.3) is 94.3 Å². The Hall–Kier alpha value is -6.25. The second kappa shape index (κ2) is 16.2. The van der Waals surface area contributed by atoms with E-state index in [2.05, 4.69) is 83.8 Å². The van der Waals surface area contributed by atoms with Gasteiger partial charge in [0.05, 0.1) is 41.6 Å². The first-order valence-corrected chi connectivity index (χ1v) is 24.2. The van der Waals surface area contributed by atoms with Crippen LogP contribution in [0.4, 0.5) is 0 Å². The van der Waals surface area contributed by atoms with Crippen molar-refractivity contribution in [2.75, 3.05) is 0 Å². The van der Waals surface area contributed by atoms with Crippen LogP contribution in [0.15, 0.2) is 136 Å². The van der Waals surface area contributed by atoms with Crippen molar-refractivity contribution in [3.63, 3.8) is 0 Å². The maximum atomic E-state index is 8.79. The zero-order chi connectivity index (χ0) is 43.8. The van der Waals surface area contributed by atoms with E-state index in [0.29, 0.717) is 17.0 Å². The van der Waals surface area contributed by atoms with E-state index < -0.39 is 14.4 Å². The Morgan fingerprint density at radius 2 is 1.39 bits per heavy atom. The molecule has 5 aromatic carbocycles. The van der Waals surface area contributed by atoms with E-state index in [9.17, 15) is 0 Å². The maximum absolute atomic E-state index is 8.79. The third-order valence-corrected chi connectivity index (χ3v) is 13.1. The topological polar surface area (TPSA) is 82.8 Å². The van der Waals surface area contributed by atoms with Gasteiger partial charge in [0.2, 0.25) is 5.71 Å². The van der Waals surface area contributed by atoms with Crippen molar-refractivity contribution in [2.45, 2.75) is 53.7 Å². The number of rotatable bonds is 6. The van der Waals surface area contributed by atoms with Gasteiger partial charge in [-0.15, -0.1) is 36.4 Å². The van der Waals surface area contributed by atoms with Crippen molar-refractivity contribution in [1.82, 2.24) is 24.5 Å². The predicted molar refractivity (Wildman–Crippen MR) is 252 cm³/mol. The maximum Gasteiger partial charge on any atom is 0.216 e. The van der Waals surface area contributed by atoms with Crippen LogP contribution in [0, 0.1) is 31.9 Å². The molecule has 0 unspecified atom stereocenters. The molecule has 0 fully saturated rings. The monoisotopic (exact) mass is 1010 g/mol. The van der Waals surface area contributed by atoms with Crippen molar-refractivity contribution in [2.24, 2.45) is 5.92 Å². The van der Waals surface area contributed by atoms with E-state index in [1.807, 2.05) is 113 Å². The summed E-state index contributed by atoms with van der Waals surface area (Å²) in [5.41, 5.74) is 11.8. The summed E-state index contributed by atoms with van der Waals surface area (Å²) in [4.78, 5) is 19.0. The van der Waals surface area contributed by atoms with Crippen molar-refractivity contribution in [3.8, 4) is 28.3 Å². The minimum atomic E-state index is -1.79. The van der Waals surface area contributed by atoms with E-state index in [-0.39, 0.29) is 26.0 Å². The van der Waals surface area contributed by atoms with Crippen LogP contribution in [-0.2, 0) is 26.5 Å². The Morgan fingerprint density at radius 1 is 0.694 bits per heavy atom. The minimum Gasteiger partial charge on any atom is -0.501 e. The molecular weight excluding hydrogens is 959 g/mol.